The van der Waals surface area contributed by atoms with Gasteiger partial charge >= 0.3 is 5.97 Å². The number of carbonyl (C=O) groups excluding carboxylic acids is 2. The van der Waals surface area contributed by atoms with Crippen LogP contribution in [0.1, 0.15) is 19.8 Å². The first-order valence-corrected chi connectivity index (χ1v) is 4.57. The third kappa shape index (κ3) is 2.96. The second-order valence-electron chi connectivity index (χ2n) is 3.35. The average molecular weight is 222 g/mol. The third-order valence-electron chi connectivity index (χ3n) is 2.47. The van der Waals surface area contributed by atoms with Gasteiger partial charge in [0, 0.05) is 12.3 Å². The smallest absolute Gasteiger partial charge is 0.309 e. The summed E-state index contributed by atoms with van der Waals surface area (Å²) in [5, 5.41) is 0. The highest BCUT2D eigenvalue weighted by atomic mass is 35.5. The van der Waals surface area contributed by atoms with Gasteiger partial charge in [0.15, 0.2) is 0 Å². The van der Waals surface area contributed by atoms with Gasteiger partial charge < -0.3 is 10.5 Å². The summed E-state index contributed by atoms with van der Waals surface area (Å²) < 4.78 is 4.88. The van der Waals surface area contributed by atoms with E-state index in [0.29, 0.717) is 13.0 Å². The molecule has 0 unspecified atom stereocenters. The van der Waals surface area contributed by atoms with Gasteiger partial charge in [-0.1, -0.05) is 6.92 Å². The Hall–Kier alpha value is -0.610. The summed E-state index contributed by atoms with van der Waals surface area (Å²) in [6, 6.07) is 0. The van der Waals surface area contributed by atoms with E-state index in [9.17, 15) is 9.59 Å². The Morgan fingerprint density at radius 3 is 2.79 bits per heavy atom. The Kier molecular flexibility index (Phi) is 5.72. The molecule has 1 heterocycles. The number of ketones is 1. The molecule has 4 nitrogen and oxygen atoms in total. The third-order valence-corrected chi connectivity index (χ3v) is 2.47. The van der Waals surface area contributed by atoms with Crippen LogP contribution in [0.15, 0.2) is 0 Å². The fraction of sp³-hybridized carbons (Fsp3) is 0.778. The molecular weight excluding hydrogens is 206 g/mol. The fourth-order valence-electron chi connectivity index (χ4n) is 1.68. The second kappa shape index (κ2) is 5.98. The Bertz CT molecular complexity index is 220. The number of cyclic esters (lactones) is 1. The average Bonchev–Trinajstić information content (AvgIpc) is 2.46. The molecule has 0 radical (unpaired) electrons. The molecule has 0 saturated carbocycles. The highest BCUT2D eigenvalue weighted by Gasteiger charge is 2.36. The molecule has 14 heavy (non-hydrogen) atoms. The first-order chi connectivity index (χ1) is 6.19. The van der Waals surface area contributed by atoms with E-state index in [2.05, 4.69) is 0 Å². The number of ether oxygens (including phenoxy) is 1. The number of nitrogens with two attached hydrogens (primary N) is 1. The van der Waals surface area contributed by atoms with Crippen LogP contribution in [-0.2, 0) is 14.3 Å². The summed E-state index contributed by atoms with van der Waals surface area (Å²) in [5.41, 5.74) is 5.20. The minimum absolute atomic E-state index is 0. The highest BCUT2D eigenvalue weighted by molar-refractivity contribution is 5.85. The van der Waals surface area contributed by atoms with E-state index in [1.807, 2.05) is 6.92 Å². The minimum atomic E-state index is -0.169. The maximum atomic E-state index is 11.1. The summed E-state index contributed by atoms with van der Waals surface area (Å²) in [5.74, 6) is -0.219. The number of carbonyl (C=O) groups is 2. The van der Waals surface area contributed by atoms with Crippen molar-refractivity contribution >= 4 is 24.2 Å². The first kappa shape index (κ1) is 13.4. The standard InChI is InChI=1S/C9H15NO3.ClH/c1-2-8-6(3-7(11)4-10)5-13-9(8)12;/h6,8H,2-5,10H2,1H3;1H/t6-,8-;/m0./s1. The van der Waals surface area contributed by atoms with Crippen molar-refractivity contribution in [1.82, 2.24) is 0 Å². The van der Waals surface area contributed by atoms with E-state index in [4.69, 9.17) is 10.5 Å². The van der Waals surface area contributed by atoms with Gasteiger partial charge in [0.05, 0.1) is 19.1 Å². The zero-order chi connectivity index (χ0) is 9.84. The maximum Gasteiger partial charge on any atom is 0.309 e. The quantitative estimate of drug-likeness (QED) is 0.703. The van der Waals surface area contributed by atoms with Gasteiger partial charge in [0.25, 0.3) is 0 Å². The van der Waals surface area contributed by atoms with E-state index >= 15 is 0 Å². The molecule has 1 aliphatic rings. The molecule has 82 valence electrons. The van der Waals surface area contributed by atoms with E-state index < -0.39 is 0 Å². The highest BCUT2D eigenvalue weighted by Crippen LogP contribution is 2.27. The summed E-state index contributed by atoms with van der Waals surface area (Å²) >= 11 is 0. The fourth-order valence-corrected chi connectivity index (χ4v) is 1.68. The number of halogens is 1. The summed E-state index contributed by atoms with van der Waals surface area (Å²) in [7, 11) is 0. The van der Waals surface area contributed by atoms with E-state index in [1.54, 1.807) is 0 Å². The number of Topliss-reactive ketones (excluding diaryl/α,β-unsaturated/α-hetero) is 1. The molecule has 1 saturated heterocycles. The monoisotopic (exact) mass is 221 g/mol. The molecule has 5 heteroatoms. The van der Waals surface area contributed by atoms with Crippen LogP contribution in [0.4, 0.5) is 0 Å². The van der Waals surface area contributed by atoms with Crippen LogP contribution in [0, 0.1) is 11.8 Å². The van der Waals surface area contributed by atoms with Crippen molar-refractivity contribution in [2.24, 2.45) is 17.6 Å². The van der Waals surface area contributed by atoms with Crippen molar-refractivity contribution in [3.8, 4) is 0 Å². The SMILES string of the molecule is CC[C@@H]1C(=O)OC[C@@H]1CC(=O)CN.Cl. The summed E-state index contributed by atoms with van der Waals surface area (Å²) in [6.07, 6.45) is 1.11. The Morgan fingerprint density at radius 1 is 1.64 bits per heavy atom. The van der Waals surface area contributed by atoms with Crippen molar-refractivity contribution in [2.45, 2.75) is 19.8 Å². The predicted octanol–water partition coefficient (Wildman–Crippen LogP) is 0.525. The lowest BCUT2D eigenvalue weighted by Crippen LogP contribution is -2.22. The summed E-state index contributed by atoms with van der Waals surface area (Å²) in [6.45, 7) is 2.36. The molecule has 0 aromatic heterocycles. The van der Waals surface area contributed by atoms with Gasteiger partial charge in [-0.3, -0.25) is 9.59 Å². The lowest BCUT2D eigenvalue weighted by atomic mass is 9.89. The Labute approximate surface area is 89.6 Å². The lowest BCUT2D eigenvalue weighted by Gasteiger charge is -2.10. The Morgan fingerprint density at radius 2 is 2.29 bits per heavy atom. The molecule has 0 aromatic carbocycles. The van der Waals surface area contributed by atoms with Gasteiger partial charge in [-0.2, -0.15) is 0 Å². The molecule has 2 atom stereocenters. The number of esters is 1. The van der Waals surface area contributed by atoms with Crippen molar-refractivity contribution in [3.05, 3.63) is 0 Å². The molecule has 2 N–H and O–H groups in total. The van der Waals surface area contributed by atoms with Crippen LogP contribution in [0.3, 0.4) is 0 Å². The van der Waals surface area contributed by atoms with Crippen LogP contribution in [0.2, 0.25) is 0 Å². The molecule has 0 bridgehead atoms. The van der Waals surface area contributed by atoms with Crippen LogP contribution in [-0.4, -0.2) is 24.9 Å². The largest absolute Gasteiger partial charge is 0.465 e. The van der Waals surface area contributed by atoms with Crippen LogP contribution < -0.4 is 5.73 Å². The molecule has 1 rings (SSSR count). The predicted molar refractivity (Wildman–Crippen MR) is 54.2 cm³/mol. The zero-order valence-electron chi connectivity index (χ0n) is 8.19. The Balaban J connectivity index is 0.00000169. The number of hydrogen-bond donors (Lipinski definition) is 1. The molecule has 0 spiro atoms. The van der Waals surface area contributed by atoms with Gasteiger partial charge in [0.2, 0.25) is 0 Å². The normalized spacial score (nSPS) is 25.4. The maximum absolute atomic E-state index is 11.1. The van der Waals surface area contributed by atoms with Gasteiger partial charge in [0.1, 0.15) is 5.78 Å². The van der Waals surface area contributed by atoms with E-state index in [1.165, 1.54) is 0 Å². The molecule has 1 aliphatic heterocycles. The number of hydrogen-bond acceptors (Lipinski definition) is 4. The van der Waals surface area contributed by atoms with E-state index in [-0.39, 0.29) is 42.5 Å². The van der Waals surface area contributed by atoms with Gasteiger partial charge in [-0.25, -0.2) is 0 Å². The molecule has 1 fully saturated rings. The molecular formula is C9H16ClNO3. The molecule has 0 aliphatic carbocycles. The minimum Gasteiger partial charge on any atom is -0.465 e. The van der Waals surface area contributed by atoms with Gasteiger partial charge in [-0.15, -0.1) is 12.4 Å². The van der Waals surface area contributed by atoms with Crippen molar-refractivity contribution in [1.29, 1.82) is 0 Å². The van der Waals surface area contributed by atoms with Crippen LogP contribution >= 0.6 is 12.4 Å². The van der Waals surface area contributed by atoms with E-state index in [0.717, 1.165) is 6.42 Å². The van der Waals surface area contributed by atoms with Gasteiger partial charge in [-0.05, 0) is 6.42 Å². The van der Waals surface area contributed by atoms with Crippen molar-refractivity contribution in [3.63, 3.8) is 0 Å². The molecule has 0 aromatic rings. The van der Waals surface area contributed by atoms with Crippen molar-refractivity contribution < 1.29 is 14.3 Å². The topological polar surface area (TPSA) is 69.4 Å². The summed E-state index contributed by atoms with van der Waals surface area (Å²) in [4.78, 5) is 22.2. The van der Waals surface area contributed by atoms with Crippen LogP contribution in [0.25, 0.3) is 0 Å². The first-order valence-electron chi connectivity index (χ1n) is 4.57. The van der Waals surface area contributed by atoms with Crippen molar-refractivity contribution in [2.75, 3.05) is 13.2 Å². The lowest BCUT2D eigenvalue weighted by molar-refractivity contribution is -0.141. The second-order valence-corrected chi connectivity index (χ2v) is 3.35. The molecule has 0 amide bonds. The van der Waals surface area contributed by atoms with Crippen LogP contribution in [0.5, 0.6) is 0 Å². The zero-order valence-corrected chi connectivity index (χ0v) is 9.01. The number of rotatable bonds is 4.